The second kappa shape index (κ2) is 4.66. The number of ether oxygens (including phenoxy) is 2. The van der Waals surface area contributed by atoms with Crippen LogP contribution in [0, 0.1) is 0 Å². The fourth-order valence-corrected chi connectivity index (χ4v) is 2.50. The van der Waals surface area contributed by atoms with E-state index in [2.05, 4.69) is 0 Å². The van der Waals surface area contributed by atoms with Crippen LogP contribution in [0.3, 0.4) is 0 Å². The lowest BCUT2D eigenvalue weighted by molar-refractivity contribution is 0.112. The van der Waals surface area contributed by atoms with Crippen molar-refractivity contribution in [2.75, 3.05) is 6.61 Å². The van der Waals surface area contributed by atoms with Gasteiger partial charge in [-0.3, -0.25) is 4.79 Å². The van der Waals surface area contributed by atoms with Gasteiger partial charge in [0.1, 0.15) is 12.4 Å². The molecule has 0 atom stereocenters. The van der Waals surface area contributed by atoms with Gasteiger partial charge in [0.05, 0.1) is 4.88 Å². The number of fused-ring (bicyclic) bond motifs is 1. The zero-order chi connectivity index (χ0) is 12.4. The van der Waals surface area contributed by atoms with Crippen LogP contribution in [0.15, 0.2) is 42.2 Å². The first kappa shape index (κ1) is 11.0. The molecule has 0 spiro atoms. The van der Waals surface area contributed by atoms with Gasteiger partial charge in [-0.1, -0.05) is 12.1 Å². The van der Waals surface area contributed by atoms with Gasteiger partial charge in [-0.05, 0) is 30.3 Å². The molecule has 0 unspecified atom stereocenters. The van der Waals surface area contributed by atoms with Gasteiger partial charge in [-0.15, -0.1) is 11.3 Å². The highest BCUT2D eigenvalue weighted by Gasteiger charge is 2.14. The van der Waals surface area contributed by atoms with Crippen molar-refractivity contribution in [2.45, 2.75) is 0 Å². The fourth-order valence-electron chi connectivity index (χ4n) is 1.71. The number of carbonyl (C=O) groups excluding carboxylic acids is 1. The molecule has 0 saturated carbocycles. The van der Waals surface area contributed by atoms with Gasteiger partial charge in [0.15, 0.2) is 17.8 Å². The highest BCUT2D eigenvalue weighted by atomic mass is 32.1. The van der Waals surface area contributed by atoms with Gasteiger partial charge >= 0.3 is 0 Å². The first-order valence-electron chi connectivity index (χ1n) is 5.50. The maximum atomic E-state index is 10.6. The molecule has 1 aromatic heterocycles. The van der Waals surface area contributed by atoms with Crippen LogP contribution in [0.1, 0.15) is 14.5 Å². The second-order valence-corrected chi connectivity index (χ2v) is 4.95. The number of rotatable bonds is 2. The topological polar surface area (TPSA) is 35.5 Å². The Kier molecular flexibility index (Phi) is 2.86. The van der Waals surface area contributed by atoms with E-state index >= 15 is 0 Å². The summed E-state index contributed by atoms with van der Waals surface area (Å²) in [6.45, 7) is 0.408. The van der Waals surface area contributed by atoms with E-state index in [-0.39, 0.29) is 0 Å². The molecule has 0 amide bonds. The minimum Gasteiger partial charge on any atom is -0.482 e. The number of hydrogen-bond acceptors (Lipinski definition) is 4. The number of benzene rings is 1. The molecule has 90 valence electrons. The Labute approximate surface area is 108 Å². The van der Waals surface area contributed by atoms with Crippen molar-refractivity contribution in [3.05, 3.63) is 51.9 Å². The van der Waals surface area contributed by atoms with Gasteiger partial charge in [0.2, 0.25) is 0 Å². The summed E-state index contributed by atoms with van der Waals surface area (Å²) in [6, 6.07) is 11.2. The monoisotopic (exact) mass is 258 g/mol. The lowest BCUT2D eigenvalue weighted by Gasteiger charge is -2.19. The Morgan fingerprint density at radius 2 is 1.83 bits per heavy atom. The predicted molar refractivity (Wildman–Crippen MR) is 70.2 cm³/mol. The zero-order valence-electron chi connectivity index (χ0n) is 9.46. The average molecular weight is 258 g/mol. The average Bonchev–Trinajstić information content (AvgIpc) is 2.86. The highest BCUT2D eigenvalue weighted by molar-refractivity contribution is 7.14. The molecule has 2 heterocycles. The van der Waals surface area contributed by atoms with Gasteiger partial charge in [-0.25, -0.2) is 0 Å². The number of thiophene rings is 1. The number of hydrogen-bond donors (Lipinski definition) is 0. The number of para-hydroxylation sites is 2. The van der Waals surface area contributed by atoms with Gasteiger partial charge in [-0.2, -0.15) is 0 Å². The fraction of sp³-hybridized carbons (Fsp3) is 0.0714. The molecule has 0 fully saturated rings. The normalized spacial score (nSPS) is 15.7. The van der Waals surface area contributed by atoms with E-state index in [4.69, 9.17) is 9.47 Å². The Hall–Kier alpha value is -2.07. The molecule has 4 heteroatoms. The van der Waals surface area contributed by atoms with E-state index in [9.17, 15) is 4.79 Å². The van der Waals surface area contributed by atoms with Crippen molar-refractivity contribution in [1.82, 2.24) is 0 Å². The summed E-state index contributed by atoms with van der Waals surface area (Å²) in [4.78, 5) is 12.3. The Bertz CT molecular complexity index is 613. The number of carbonyl (C=O) groups is 1. The van der Waals surface area contributed by atoms with E-state index in [0.29, 0.717) is 11.5 Å². The van der Waals surface area contributed by atoms with Gasteiger partial charge in [0, 0.05) is 4.88 Å². The third-order valence-electron chi connectivity index (χ3n) is 2.53. The molecule has 1 aliphatic rings. The molecule has 0 bridgehead atoms. The van der Waals surface area contributed by atoms with Crippen molar-refractivity contribution < 1.29 is 14.3 Å². The highest BCUT2D eigenvalue weighted by Crippen LogP contribution is 2.33. The van der Waals surface area contributed by atoms with Crippen LogP contribution in [0.2, 0.25) is 0 Å². The van der Waals surface area contributed by atoms with Crippen LogP contribution >= 0.6 is 11.3 Å². The van der Waals surface area contributed by atoms with Crippen LogP contribution in [-0.4, -0.2) is 12.9 Å². The van der Waals surface area contributed by atoms with E-state index < -0.39 is 0 Å². The first-order valence-corrected chi connectivity index (χ1v) is 6.32. The van der Waals surface area contributed by atoms with Crippen LogP contribution in [0.4, 0.5) is 0 Å². The SMILES string of the molecule is O=Cc1ccc(/C=C2/COc3ccccc3O2)s1. The smallest absolute Gasteiger partial charge is 0.169 e. The van der Waals surface area contributed by atoms with E-state index in [1.54, 1.807) is 6.07 Å². The quantitative estimate of drug-likeness (QED) is 0.775. The molecular formula is C14H10O3S. The maximum Gasteiger partial charge on any atom is 0.169 e. The van der Waals surface area contributed by atoms with Crippen LogP contribution in [0.5, 0.6) is 11.5 Å². The lowest BCUT2D eigenvalue weighted by atomic mass is 10.3. The van der Waals surface area contributed by atoms with Crippen molar-refractivity contribution in [3.63, 3.8) is 0 Å². The summed E-state index contributed by atoms with van der Waals surface area (Å²) >= 11 is 1.43. The Balaban J connectivity index is 1.85. The molecule has 3 rings (SSSR count). The van der Waals surface area contributed by atoms with Gasteiger partial charge < -0.3 is 9.47 Å². The molecule has 1 aliphatic heterocycles. The van der Waals surface area contributed by atoms with Gasteiger partial charge in [0.25, 0.3) is 0 Å². The third kappa shape index (κ3) is 2.15. The summed E-state index contributed by atoms with van der Waals surface area (Å²) in [6.07, 6.45) is 2.74. The Morgan fingerprint density at radius 1 is 1.06 bits per heavy atom. The summed E-state index contributed by atoms with van der Waals surface area (Å²) in [5.74, 6) is 2.23. The predicted octanol–water partition coefficient (Wildman–Crippen LogP) is 3.37. The number of aldehydes is 1. The summed E-state index contributed by atoms with van der Waals surface area (Å²) in [5, 5.41) is 0. The van der Waals surface area contributed by atoms with E-state index in [1.807, 2.05) is 36.4 Å². The molecule has 2 aromatic rings. The lowest BCUT2D eigenvalue weighted by Crippen LogP contribution is -2.13. The molecule has 1 aromatic carbocycles. The molecule has 0 aliphatic carbocycles. The van der Waals surface area contributed by atoms with Crippen molar-refractivity contribution >= 4 is 23.7 Å². The van der Waals surface area contributed by atoms with E-state index in [0.717, 1.165) is 28.4 Å². The van der Waals surface area contributed by atoms with Crippen molar-refractivity contribution in [1.29, 1.82) is 0 Å². The second-order valence-electron chi connectivity index (χ2n) is 3.81. The van der Waals surface area contributed by atoms with Crippen LogP contribution in [0.25, 0.3) is 6.08 Å². The van der Waals surface area contributed by atoms with E-state index in [1.165, 1.54) is 11.3 Å². The van der Waals surface area contributed by atoms with Crippen molar-refractivity contribution in [2.24, 2.45) is 0 Å². The van der Waals surface area contributed by atoms with Crippen molar-refractivity contribution in [3.8, 4) is 11.5 Å². The molecule has 0 radical (unpaired) electrons. The molecular weight excluding hydrogens is 248 g/mol. The first-order chi connectivity index (χ1) is 8.85. The molecule has 3 nitrogen and oxygen atoms in total. The summed E-state index contributed by atoms with van der Waals surface area (Å²) in [7, 11) is 0. The molecule has 18 heavy (non-hydrogen) atoms. The van der Waals surface area contributed by atoms with Crippen LogP contribution < -0.4 is 9.47 Å². The molecule has 0 N–H and O–H groups in total. The standard InChI is InChI=1S/C14H10O3S/c15-8-12-6-5-11(18-12)7-10-9-16-13-3-1-2-4-14(13)17-10/h1-8H,9H2/b10-7-. The minimum atomic E-state index is 0.408. The Morgan fingerprint density at radius 3 is 2.61 bits per heavy atom. The maximum absolute atomic E-state index is 10.6. The third-order valence-corrected chi connectivity index (χ3v) is 3.48. The zero-order valence-corrected chi connectivity index (χ0v) is 10.3. The molecule has 0 saturated heterocycles. The summed E-state index contributed by atoms with van der Waals surface area (Å²) in [5.41, 5.74) is 0. The summed E-state index contributed by atoms with van der Waals surface area (Å²) < 4.78 is 11.3. The minimum absolute atomic E-state index is 0.408. The largest absolute Gasteiger partial charge is 0.482 e. The van der Waals surface area contributed by atoms with Crippen LogP contribution in [-0.2, 0) is 0 Å².